The molecule has 2 heterocycles. The van der Waals surface area contributed by atoms with Crippen LogP contribution < -0.4 is 10.6 Å². The Balaban J connectivity index is 2.05. The van der Waals surface area contributed by atoms with Crippen molar-refractivity contribution < 1.29 is 4.74 Å². The molecule has 0 bridgehead atoms. The summed E-state index contributed by atoms with van der Waals surface area (Å²) in [6.07, 6.45) is 4.39. The zero-order valence-corrected chi connectivity index (χ0v) is 10.6. The molecule has 1 aromatic rings. The number of anilines is 1. The molecule has 1 aliphatic heterocycles. The number of hydrogen-bond donors (Lipinski definition) is 1. The minimum atomic E-state index is 0.0632. The Morgan fingerprint density at radius 1 is 1.47 bits per heavy atom. The van der Waals surface area contributed by atoms with Crippen molar-refractivity contribution in [3.63, 3.8) is 0 Å². The van der Waals surface area contributed by atoms with E-state index in [0.717, 1.165) is 37.3 Å². The zero-order valence-electron chi connectivity index (χ0n) is 10.6. The maximum atomic E-state index is 5.89. The lowest BCUT2D eigenvalue weighted by Crippen LogP contribution is -2.37. The van der Waals surface area contributed by atoms with E-state index in [2.05, 4.69) is 16.0 Å². The fraction of sp³-hybridized carbons (Fsp3) is 0.615. The van der Waals surface area contributed by atoms with Crippen LogP contribution in [0.1, 0.15) is 31.4 Å². The second-order valence-corrected chi connectivity index (χ2v) is 4.66. The van der Waals surface area contributed by atoms with Crippen LogP contribution in [0.3, 0.4) is 0 Å². The largest absolute Gasteiger partial charge is 0.381 e. The topological polar surface area (TPSA) is 51.4 Å². The van der Waals surface area contributed by atoms with Gasteiger partial charge in [0.05, 0.1) is 6.10 Å². The van der Waals surface area contributed by atoms with Gasteiger partial charge in [-0.2, -0.15) is 0 Å². The van der Waals surface area contributed by atoms with E-state index in [-0.39, 0.29) is 6.04 Å². The molecular weight excluding hydrogens is 214 g/mol. The van der Waals surface area contributed by atoms with Gasteiger partial charge >= 0.3 is 0 Å². The number of nitrogens with two attached hydrogens (primary N) is 1. The summed E-state index contributed by atoms with van der Waals surface area (Å²) in [5, 5.41) is 0. The van der Waals surface area contributed by atoms with Gasteiger partial charge in [0.1, 0.15) is 5.82 Å². The lowest BCUT2D eigenvalue weighted by molar-refractivity contribution is 0.0818. The van der Waals surface area contributed by atoms with E-state index in [0.29, 0.717) is 6.10 Å². The number of hydrogen-bond acceptors (Lipinski definition) is 4. The smallest absolute Gasteiger partial charge is 0.128 e. The molecule has 0 aromatic carbocycles. The Morgan fingerprint density at radius 3 is 2.76 bits per heavy atom. The predicted molar refractivity (Wildman–Crippen MR) is 69.1 cm³/mol. The number of pyridine rings is 1. The first-order valence-electron chi connectivity index (χ1n) is 6.20. The van der Waals surface area contributed by atoms with Crippen LogP contribution in [0.2, 0.25) is 0 Å². The van der Waals surface area contributed by atoms with Crippen molar-refractivity contribution in [2.45, 2.75) is 31.9 Å². The fourth-order valence-electron chi connectivity index (χ4n) is 2.21. The highest BCUT2D eigenvalue weighted by Gasteiger charge is 2.19. The molecule has 0 unspecified atom stereocenters. The summed E-state index contributed by atoms with van der Waals surface area (Å²) in [7, 11) is 1.79. The van der Waals surface area contributed by atoms with Crippen molar-refractivity contribution in [1.29, 1.82) is 0 Å². The maximum Gasteiger partial charge on any atom is 0.128 e. The molecular formula is C13H21N3O. The highest BCUT2D eigenvalue weighted by molar-refractivity contribution is 5.42. The van der Waals surface area contributed by atoms with Crippen LogP contribution in [0.5, 0.6) is 0 Å². The number of ether oxygens (including phenoxy) is 1. The lowest BCUT2D eigenvalue weighted by atomic mass is 10.1. The average molecular weight is 235 g/mol. The van der Waals surface area contributed by atoms with E-state index in [4.69, 9.17) is 10.5 Å². The van der Waals surface area contributed by atoms with Crippen LogP contribution in [0.15, 0.2) is 18.3 Å². The van der Waals surface area contributed by atoms with E-state index in [1.165, 1.54) is 0 Å². The highest BCUT2D eigenvalue weighted by Crippen LogP contribution is 2.21. The summed E-state index contributed by atoms with van der Waals surface area (Å²) in [5.41, 5.74) is 7.03. The van der Waals surface area contributed by atoms with Crippen LogP contribution in [0.25, 0.3) is 0 Å². The van der Waals surface area contributed by atoms with Crippen molar-refractivity contribution in [1.82, 2.24) is 4.98 Å². The van der Waals surface area contributed by atoms with E-state index in [1.54, 1.807) is 7.11 Å². The van der Waals surface area contributed by atoms with Crippen molar-refractivity contribution >= 4 is 5.82 Å². The van der Waals surface area contributed by atoms with Crippen LogP contribution in [-0.2, 0) is 4.74 Å². The quantitative estimate of drug-likeness (QED) is 0.866. The number of nitrogens with zero attached hydrogens (tertiary/aromatic N) is 2. The van der Waals surface area contributed by atoms with Gasteiger partial charge in [-0.25, -0.2) is 4.98 Å². The predicted octanol–water partition coefficient (Wildman–Crippen LogP) is 1.72. The van der Waals surface area contributed by atoms with Crippen LogP contribution in [0.4, 0.5) is 5.82 Å². The van der Waals surface area contributed by atoms with Gasteiger partial charge in [0.25, 0.3) is 0 Å². The SMILES string of the molecule is COC1CCN(c2cc([C@@H](C)N)ccn2)CC1. The summed E-state index contributed by atoms with van der Waals surface area (Å²) < 4.78 is 5.37. The number of aromatic nitrogens is 1. The molecule has 1 aromatic heterocycles. The second kappa shape index (κ2) is 5.47. The summed E-state index contributed by atoms with van der Waals surface area (Å²) in [6.45, 7) is 4.01. The summed E-state index contributed by atoms with van der Waals surface area (Å²) >= 11 is 0. The van der Waals surface area contributed by atoms with Gasteiger partial charge in [-0.1, -0.05) is 0 Å². The Bertz CT molecular complexity index is 359. The maximum absolute atomic E-state index is 5.89. The first kappa shape index (κ1) is 12.3. The second-order valence-electron chi connectivity index (χ2n) is 4.66. The third-order valence-electron chi connectivity index (χ3n) is 3.39. The van der Waals surface area contributed by atoms with Gasteiger partial charge in [0.15, 0.2) is 0 Å². The fourth-order valence-corrected chi connectivity index (χ4v) is 2.21. The molecule has 2 rings (SSSR count). The Morgan fingerprint density at radius 2 is 2.18 bits per heavy atom. The summed E-state index contributed by atoms with van der Waals surface area (Å²) in [4.78, 5) is 6.73. The molecule has 2 N–H and O–H groups in total. The van der Waals surface area contributed by atoms with Gasteiger partial charge in [0.2, 0.25) is 0 Å². The number of piperidine rings is 1. The number of rotatable bonds is 3. The first-order valence-corrected chi connectivity index (χ1v) is 6.20. The molecule has 0 spiro atoms. The molecule has 0 saturated carbocycles. The monoisotopic (exact) mass is 235 g/mol. The van der Waals surface area contributed by atoms with E-state index >= 15 is 0 Å². The van der Waals surface area contributed by atoms with Crippen LogP contribution in [-0.4, -0.2) is 31.3 Å². The van der Waals surface area contributed by atoms with Crippen molar-refractivity contribution in [3.8, 4) is 0 Å². The normalized spacial score (nSPS) is 19.4. The molecule has 1 atom stereocenters. The third kappa shape index (κ3) is 2.96. The first-order chi connectivity index (χ1) is 8.20. The molecule has 4 heteroatoms. The molecule has 17 heavy (non-hydrogen) atoms. The zero-order chi connectivity index (χ0) is 12.3. The van der Waals surface area contributed by atoms with Gasteiger partial charge in [0, 0.05) is 32.4 Å². The molecule has 0 radical (unpaired) electrons. The minimum absolute atomic E-state index is 0.0632. The molecule has 4 nitrogen and oxygen atoms in total. The molecule has 1 saturated heterocycles. The van der Waals surface area contributed by atoms with E-state index in [1.807, 2.05) is 19.2 Å². The van der Waals surface area contributed by atoms with Gasteiger partial charge in [-0.05, 0) is 37.5 Å². The van der Waals surface area contributed by atoms with Crippen molar-refractivity contribution in [2.24, 2.45) is 5.73 Å². The van der Waals surface area contributed by atoms with Crippen molar-refractivity contribution in [3.05, 3.63) is 23.9 Å². The van der Waals surface area contributed by atoms with Gasteiger partial charge < -0.3 is 15.4 Å². The van der Waals surface area contributed by atoms with Crippen molar-refractivity contribution in [2.75, 3.05) is 25.1 Å². The molecule has 0 amide bonds. The van der Waals surface area contributed by atoms with Crippen LogP contribution >= 0.6 is 0 Å². The Labute approximate surface area is 103 Å². The van der Waals surface area contributed by atoms with E-state index < -0.39 is 0 Å². The summed E-state index contributed by atoms with van der Waals surface area (Å²) in [6, 6.07) is 4.14. The molecule has 0 aliphatic carbocycles. The van der Waals surface area contributed by atoms with Gasteiger partial charge in [-0.15, -0.1) is 0 Å². The highest BCUT2D eigenvalue weighted by atomic mass is 16.5. The average Bonchev–Trinajstić information content (AvgIpc) is 2.39. The standard InChI is InChI=1S/C13H21N3O/c1-10(14)11-3-6-15-13(9-11)16-7-4-12(17-2)5-8-16/h3,6,9-10,12H,4-5,7-8,14H2,1-2H3/t10-/m1/s1. The molecule has 1 fully saturated rings. The molecule has 1 aliphatic rings. The third-order valence-corrected chi connectivity index (χ3v) is 3.39. The van der Waals surface area contributed by atoms with E-state index in [9.17, 15) is 0 Å². The number of methoxy groups -OCH3 is 1. The molecule has 94 valence electrons. The lowest BCUT2D eigenvalue weighted by Gasteiger charge is -2.32. The van der Waals surface area contributed by atoms with Crippen LogP contribution in [0, 0.1) is 0 Å². The van der Waals surface area contributed by atoms with Gasteiger partial charge in [-0.3, -0.25) is 0 Å². The Kier molecular flexibility index (Phi) is 3.97. The minimum Gasteiger partial charge on any atom is -0.381 e. The Hall–Kier alpha value is -1.13. The summed E-state index contributed by atoms with van der Waals surface area (Å²) in [5.74, 6) is 1.04.